The van der Waals surface area contributed by atoms with Crippen LogP contribution in [0.4, 0.5) is 10.5 Å². The van der Waals surface area contributed by atoms with Crippen LogP contribution in [-0.2, 0) is 7.05 Å². The number of fused-ring (bicyclic) bond motifs is 1. The van der Waals surface area contributed by atoms with Gasteiger partial charge >= 0.3 is 6.03 Å². The second kappa shape index (κ2) is 7.81. The minimum Gasteiger partial charge on any atom is -0.350 e. The monoisotopic (exact) mass is 370 g/mol. The molecule has 26 heavy (non-hydrogen) atoms. The number of urea groups is 1. The summed E-state index contributed by atoms with van der Waals surface area (Å²) in [6.45, 7) is 0.493. The number of amides is 2. The molecule has 0 saturated heterocycles. The molecule has 6 heteroatoms. The molecule has 2 aromatic carbocycles. The third-order valence-electron chi connectivity index (χ3n) is 4.45. The van der Waals surface area contributed by atoms with Crippen molar-refractivity contribution in [3.8, 4) is 0 Å². The highest BCUT2D eigenvalue weighted by Gasteiger charge is 2.20. The van der Waals surface area contributed by atoms with Gasteiger partial charge in [-0.25, -0.2) is 4.79 Å². The Morgan fingerprint density at radius 3 is 2.69 bits per heavy atom. The van der Waals surface area contributed by atoms with E-state index in [-0.39, 0.29) is 12.1 Å². The van der Waals surface area contributed by atoms with Crippen LogP contribution in [0.1, 0.15) is 11.6 Å². The fourth-order valence-electron chi connectivity index (χ4n) is 3.14. The number of likely N-dealkylation sites (N-methyl/N-ethyl adjacent to an activating group) is 1. The van der Waals surface area contributed by atoms with Gasteiger partial charge < -0.3 is 20.1 Å². The first-order valence-corrected chi connectivity index (χ1v) is 8.84. The summed E-state index contributed by atoms with van der Waals surface area (Å²) in [5.74, 6) is 0. The van der Waals surface area contributed by atoms with Crippen LogP contribution in [0.3, 0.4) is 0 Å². The Morgan fingerprint density at radius 2 is 1.96 bits per heavy atom. The van der Waals surface area contributed by atoms with Crippen molar-refractivity contribution in [3.05, 3.63) is 65.3 Å². The molecular weight excluding hydrogens is 348 g/mol. The van der Waals surface area contributed by atoms with Crippen LogP contribution in [0.15, 0.2) is 54.7 Å². The summed E-state index contributed by atoms with van der Waals surface area (Å²) >= 11 is 5.95. The average molecular weight is 371 g/mol. The minimum absolute atomic E-state index is 0.0613. The topological polar surface area (TPSA) is 49.3 Å². The molecular formula is C20H23ClN4O. The minimum atomic E-state index is -0.251. The normalized spacial score (nSPS) is 12.3. The summed E-state index contributed by atoms with van der Waals surface area (Å²) < 4.78 is 2.12. The van der Waals surface area contributed by atoms with Crippen molar-refractivity contribution in [2.75, 3.05) is 26.0 Å². The Balaban J connectivity index is 1.74. The van der Waals surface area contributed by atoms with Gasteiger partial charge in [0.05, 0.1) is 6.04 Å². The van der Waals surface area contributed by atoms with E-state index in [1.165, 1.54) is 16.5 Å². The molecule has 0 saturated carbocycles. The molecule has 2 amide bonds. The molecule has 0 spiro atoms. The van der Waals surface area contributed by atoms with E-state index in [1.54, 1.807) is 24.3 Å². The van der Waals surface area contributed by atoms with Crippen molar-refractivity contribution in [2.45, 2.75) is 6.04 Å². The number of hydrogen-bond donors (Lipinski definition) is 2. The van der Waals surface area contributed by atoms with E-state index in [1.807, 2.05) is 33.3 Å². The smallest absolute Gasteiger partial charge is 0.319 e. The van der Waals surface area contributed by atoms with Crippen molar-refractivity contribution in [1.82, 2.24) is 14.8 Å². The lowest BCUT2D eigenvalue weighted by atomic mass is 10.0. The van der Waals surface area contributed by atoms with Crippen LogP contribution >= 0.6 is 11.6 Å². The summed E-state index contributed by atoms with van der Waals surface area (Å²) in [6.07, 6.45) is 2.13. The maximum absolute atomic E-state index is 12.3. The van der Waals surface area contributed by atoms with Crippen molar-refractivity contribution in [2.24, 2.45) is 7.05 Å². The quantitative estimate of drug-likeness (QED) is 0.705. The van der Waals surface area contributed by atoms with E-state index in [0.29, 0.717) is 17.3 Å². The van der Waals surface area contributed by atoms with Crippen LogP contribution in [0.2, 0.25) is 5.02 Å². The zero-order valence-corrected chi connectivity index (χ0v) is 15.9. The Morgan fingerprint density at radius 1 is 1.19 bits per heavy atom. The van der Waals surface area contributed by atoms with E-state index < -0.39 is 0 Å². The fraction of sp³-hybridized carbons (Fsp3) is 0.250. The lowest BCUT2D eigenvalue weighted by molar-refractivity contribution is 0.243. The summed E-state index contributed by atoms with van der Waals surface area (Å²) in [5, 5.41) is 7.56. The standard InChI is InChI=1S/C20H23ClN4O/c1-24(2)19(17-13-25(3)18-10-5-4-9-16(17)18)12-22-20(26)23-15-8-6-7-14(21)11-15/h4-11,13,19H,12H2,1-3H3,(H2,22,23,26). The first kappa shape index (κ1) is 18.3. The molecule has 5 nitrogen and oxygen atoms in total. The molecule has 0 fully saturated rings. The van der Waals surface area contributed by atoms with Gasteiger partial charge in [-0.15, -0.1) is 0 Å². The number of hydrogen-bond acceptors (Lipinski definition) is 2. The van der Waals surface area contributed by atoms with Crippen LogP contribution < -0.4 is 10.6 Å². The number of rotatable bonds is 5. The molecule has 2 N–H and O–H groups in total. The van der Waals surface area contributed by atoms with Crippen LogP contribution in [-0.4, -0.2) is 36.1 Å². The van der Waals surface area contributed by atoms with E-state index in [2.05, 4.69) is 38.4 Å². The SMILES string of the molecule is CN(C)C(CNC(=O)Nc1cccc(Cl)c1)c1cn(C)c2ccccc12. The molecule has 3 aromatic rings. The fourth-order valence-corrected chi connectivity index (χ4v) is 3.33. The number of anilines is 1. The molecule has 136 valence electrons. The number of carbonyl (C=O) groups is 1. The first-order chi connectivity index (χ1) is 12.5. The van der Waals surface area contributed by atoms with Gasteiger partial charge in [0.25, 0.3) is 0 Å². The molecule has 0 aliphatic carbocycles. The maximum atomic E-state index is 12.3. The number of aromatic nitrogens is 1. The van der Waals surface area contributed by atoms with Crippen LogP contribution in [0.25, 0.3) is 10.9 Å². The van der Waals surface area contributed by atoms with Crippen LogP contribution in [0, 0.1) is 0 Å². The van der Waals surface area contributed by atoms with Gasteiger partial charge in [-0.3, -0.25) is 0 Å². The van der Waals surface area contributed by atoms with Gasteiger partial charge in [-0.2, -0.15) is 0 Å². The Kier molecular flexibility index (Phi) is 5.49. The van der Waals surface area contributed by atoms with Gasteiger partial charge in [-0.05, 0) is 43.9 Å². The number of carbonyl (C=O) groups excluding carboxylic acids is 1. The van der Waals surface area contributed by atoms with Crippen molar-refractivity contribution in [1.29, 1.82) is 0 Å². The Labute approximate surface area is 158 Å². The number of nitrogens with one attached hydrogen (secondary N) is 2. The first-order valence-electron chi connectivity index (χ1n) is 8.46. The number of para-hydroxylation sites is 1. The summed E-state index contributed by atoms with van der Waals surface area (Å²) in [5.41, 5.74) is 3.04. The molecule has 1 aromatic heterocycles. The van der Waals surface area contributed by atoms with E-state index in [4.69, 9.17) is 11.6 Å². The summed E-state index contributed by atoms with van der Waals surface area (Å²) in [4.78, 5) is 14.4. The molecule has 0 radical (unpaired) electrons. The third kappa shape index (κ3) is 4.00. The third-order valence-corrected chi connectivity index (χ3v) is 4.68. The predicted molar refractivity (Wildman–Crippen MR) is 108 cm³/mol. The van der Waals surface area contributed by atoms with Gasteiger partial charge in [0, 0.05) is 41.4 Å². The lowest BCUT2D eigenvalue weighted by Crippen LogP contribution is -2.36. The highest BCUT2D eigenvalue weighted by molar-refractivity contribution is 6.30. The molecule has 3 rings (SSSR count). The molecule has 1 atom stereocenters. The Bertz CT molecular complexity index is 919. The van der Waals surface area contributed by atoms with E-state index >= 15 is 0 Å². The number of aryl methyl sites for hydroxylation is 1. The zero-order chi connectivity index (χ0) is 18.7. The molecule has 0 bridgehead atoms. The second-order valence-corrected chi connectivity index (χ2v) is 6.97. The highest BCUT2D eigenvalue weighted by Crippen LogP contribution is 2.28. The number of halogens is 1. The number of benzene rings is 2. The zero-order valence-electron chi connectivity index (χ0n) is 15.2. The van der Waals surface area contributed by atoms with Gasteiger partial charge in [-0.1, -0.05) is 35.9 Å². The van der Waals surface area contributed by atoms with Gasteiger partial charge in [0.1, 0.15) is 0 Å². The summed E-state index contributed by atoms with van der Waals surface area (Å²) in [7, 11) is 6.07. The van der Waals surface area contributed by atoms with Crippen molar-refractivity contribution < 1.29 is 4.79 Å². The predicted octanol–water partition coefficient (Wildman–Crippen LogP) is 4.26. The number of nitrogens with zero attached hydrogens (tertiary/aromatic N) is 2. The Hall–Kier alpha value is -2.50. The summed E-state index contributed by atoms with van der Waals surface area (Å²) in [6, 6.07) is 15.2. The molecule has 0 aliphatic rings. The second-order valence-electron chi connectivity index (χ2n) is 6.54. The van der Waals surface area contributed by atoms with Gasteiger partial charge in [0.2, 0.25) is 0 Å². The van der Waals surface area contributed by atoms with E-state index in [0.717, 1.165) is 0 Å². The maximum Gasteiger partial charge on any atom is 0.319 e. The van der Waals surface area contributed by atoms with Crippen molar-refractivity contribution in [3.63, 3.8) is 0 Å². The lowest BCUT2D eigenvalue weighted by Gasteiger charge is -2.24. The highest BCUT2D eigenvalue weighted by atomic mass is 35.5. The van der Waals surface area contributed by atoms with Gasteiger partial charge in [0.15, 0.2) is 0 Å². The van der Waals surface area contributed by atoms with Crippen molar-refractivity contribution >= 4 is 34.2 Å². The van der Waals surface area contributed by atoms with E-state index in [9.17, 15) is 4.79 Å². The largest absolute Gasteiger partial charge is 0.350 e. The van der Waals surface area contributed by atoms with Crippen LogP contribution in [0.5, 0.6) is 0 Å². The molecule has 0 aliphatic heterocycles. The molecule has 1 heterocycles. The average Bonchev–Trinajstić information content (AvgIpc) is 2.92. The molecule has 1 unspecified atom stereocenters.